The highest BCUT2D eigenvalue weighted by Gasteiger charge is 2.26. The van der Waals surface area contributed by atoms with Gasteiger partial charge < -0.3 is 15.1 Å². The molecule has 2 aliphatic rings. The summed E-state index contributed by atoms with van der Waals surface area (Å²) in [5.74, 6) is 0.362. The van der Waals surface area contributed by atoms with Gasteiger partial charge in [0.1, 0.15) is 0 Å². The number of benzene rings is 1. The topological polar surface area (TPSA) is 64.6 Å². The second-order valence-electron chi connectivity index (χ2n) is 8.39. The van der Waals surface area contributed by atoms with Crippen molar-refractivity contribution in [3.8, 4) is 0 Å². The molecule has 7 nitrogen and oxygen atoms in total. The highest BCUT2D eigenvalue weighted by Crippen LogP contribution is 2.25. The summed E-state index contributed by atoms with van der Waals surface area (Å²) >= 11 is 6.22. The van der Waals surface area contributed by atoms with Crippen LogP contribution in [0.4, 0.5) is 5.95 Å². The number of piperazine rings is 1. The molecule has 31 heavy (non-hydrogen) atoms. The third kappa shape index (κ3) is 5.53. The van der Waals surface area contributed by atoms with Crippen molar-refractivity contribution in [2.75, 3.05) is 57.8 Å². The first-order chi connectivity index (χ1) is 15.1. The van der Waals surface area contributed by atoms with Crippen LogP contribution in [-0.4, -0.2) is 78.5 Å². The van der Waals surface area contributed by atoms with Crippen LogP contribution in [0, 0.1) is 0 Å². The van der Waals surface area contributed by atoms with Crippen LogP contribution in [0.1, 0.15) is 41.4 Å². The molecule has 0 spiro atoms. The quantitative estimate of drug-likeness (QED) is 0.665. The summed E-state index contributed by atoms with van der Waals surface area (Å²) in [6, 6.07) is 11.0. The average Bonchev–Trinajstić information content (AvgIpc) is 3.33. The lowest BCUT2D eigenvalue weighted by Gasteiger charge is -2.40. The summed E-state index contributed by atoms with van der Waals surface area (Å²) in [5.41, 5.74) is 1.61. The number of aromatic nitrogens is 2. The molecule has 0 bridgehead atoms. The van der Waals surface area contributed by atoms with Crippen molar-refractivity contribution in [3.05, 3.63) is 52.8 Å². The van der Waals surface area contributed by atoms with E-state index in [1.54, 1.807) is 0 Å². The molecule has 0 unspecified atom stereocenters. The lowest BCUT2D eigenvalue weighted by molar-refractivity contribution is 0.0864. The van der Waals surface area contributed by atoms with Crippen LogP contribution in [0.25, 0.3) is 0 Å². The summed E-state index contributed by atoms with van der Waals surface area (Å²) in [4.78, 5) is 28.4. The second kappa shape index (κ2) is 10.4. The molecule has 1 N–H and O–H groups in total. The number of nitrogens with one attached hydrogen (secondary N) is 1. The van der Waals surface area contributed by atoms with Crippen LogP contribution in [0.3, 0.4) is 0 Å². The van der Waals surface area contributed by atoms with Gasteiger partial charge in [0.25, 0.3) is 5.91 Å². The third-order valence-electron chi connectivity index (χ3n) is 6.12. The Hall–Kier alpha value is -2.22. The van der Waals surface area contributed by atoms with Gasteiger partial charge in [0.05, 0.1) is 11.2 Å². The Balaban J connectivity index is 1.31. The number of amides is 1. The SMILES string of the molecule is CN1CCN(CCCNC(=O)c2nc(N3CCCC3)ncc2Cl)[C@@H](c2ccccc2)C1. The molecule has 1 atom stereocenters. The first-order valence-corrected chi connectivity index (χ1v) is 11.5. The van der Waals surface area contributed by atoms with Crippen LogP contribution in [0.15, 0.2) is 36.5 Å². The third-order valence-corrected chi connectivity index (χ3v) is 6.40. The van der Waals surface area contributed by atoms with Gasteiger partial charge in [-0.3, -0.25) is 9.69 Å². The van der Waals surface area contributed by atoms with E-state index < -0.39 is 0 Å². The van der Waals surface area contributed by atoms with Gasteiger partial charge in [-0.25, -0.2) is 9.97 Å². The van der Waals surface area contributed by atoms with Crippen molar-refractivity contribution in [3.63, 3.8) is 0 Å². The molecular weight excluding hydrogens is 412 g/mol. The van der Waals surface area contributed by atoms with Gasteiger partial charge in [-0.15, -0.1) is 0 Å². The average molecular weight is 443 g/mol. The van der Waals surface area contributed by atoms with Crippen LogP contribution in [-0.2, 0) is 0 Å². The van der Waals surface area contributed by atoms with E-state index in [-0.39, 0.29) is 11.6 Å². The lowest BCUT2D eigenvalue weighted by Crippen LogP contribution is -2.47. The molecule has 1 amide bonds. The van der Waals surface area contributed by atoms with Crippen molar-refractivity contribution in [1.29, 1.82) is 0 Å². The number of rotatable bonds is 7. The second-order valence-corrected chi connectivity index (χ2v) is 8.80. The zero-order valence-electron chi connectivity index (χ0n) is 18.1. The summed E-state index contributed by atoms with van der Waals surface area (Å²) < 4.78 is 0. The monoisotopic (exact) mass is 442 g/mol. The Bertz CT molecular complexity index is 874. The summed E-state index contributed by atoms with van der Waals surface area (Å²) in [6.45, 7) is 6.49. The zero-order chi connectivity index (χ0) is 21.6. The lowest BCUT2D eigenvalue weighted by atomic mass is 10.0. The standard InChI is InChI=1S/C23H31ClN6O/c1-28-14-15-29(20(17-28)18-8-3-2-4-9-18)13-7-10-25-22(31)21-19(24)16-26-23(27-21)30-11-5-6-12-30/h2-4,8-9,16,20H,5-7,10-15,17H2,1H3,(H,25,31)/t20-/m1/s1. The Morgan fingerprint density at radius 1 is 1.16 bits per heavy atom. The highest BCUT2D eigenvalue weighted by atomic mass is 35.5. The molecule has 1 aromatic heterocycles. The van der Waals surface area contributed by atoms with Gasteiger partial charge in [0.2, 0.25) is 5.95 Å². The molecule has 0 saturated carbocycles. The van der Waals surface area contributed by atoms with Crippen molar-refractivity contribution >= 4 is 23.5 Å². The number of carbonyl (C=O) groups excluding carboxylic acids is 1. The molecule has 166 valence electrons. The Morgan fingerprint density at radius 2 is 1.94 bits per heavy atom. The van der Waals surface area contributed by atoms with Gasteiger partial charge >= 0.3 is 0 Å². The largest absolute Gasteiger partial charge is 0.351 e. The molecule has 8 heteroatoms. The van der Waals surface area contributed by atoms with Crippen molar-refractivity contribution < 1.29 is 4.79 Å². The smallest absolute Gasteiger partial charge is 0.271 e. The fourth-order valence-corrected chi connectivity index (χ4v) is 4.55. The first-order valence-electron chi connectivity index (χ1n) is 11.1. The Labute approximate surface area is 189 Å². The summed E-state index contributed by atoms with van der Waals surface area (Å²) in [7, 11) is 2.18. The zero-order valence-corrected chi connectivity index (χ0v) is 18.9. The maximum absolute atomic E-state index is 12.7. The van der Waals surface area contributed by atoms with E-state index in [2.05, 4.69) is 67.4 Å². The molecular formula is C23H31ClN6O. The van der Waals surface area contributed by atoms with Gasteiger partial charge in [-0.2, -0.15) is 0 Å². The van der Waals surface area contributed by atoms with Crippen LogP contribution in [0.5, 0.6) is 0 Å². The molecule has 4 rings (SSSR count). The summed E-state index contributed by atoms with van der Waals surface area (Å²) in [5, 5.41) is 3.29. The minimum absolute atomic E-state index is 0.231. The van der Waals surface area contributed by atoms with Crippen molar-refractivity contribution in [1.82, 2.24) is 25.1 Å². The molecule has 0 aliphatic carbocycles. The van der Waals surface area contributed by atoms with Crippen LogP contribution >= 0.6 is 11.6 Å². The predicted octanol–water partition coefficient (Wildman–Crippen LogP) is 2.84. The van der Waals surface area contributed by atoms with Gasteiger partial charge in [0.15, 0.2) is 5.69 Å². The van der Waals surface area contributed by atoms with E-state index in [0.29, 0.717) is 23.6 Å². The highest BCUT2D eigenvalue weighted by molar-refractivity contribution is 6.33. The number of hydrogen-bond donors (Lipinski definition) is 1. The maximum Gasteiger partial charge on any atom is 0.271 e. The Morgan fingerprint density at radius 3 is 2.71 bits per heavy atom. The molecule has 2 saturated heterocycles. The fourth-order valence-electron chi connectivity index (χ4n) is 4.37. The predicted molar refractivity (Wildman–Crippen MR) is 124 cm³/mol. The normalized spacial score (nSPS) is 20.2. The molecule has 2 fully saturated rings. The number of carbonyl (C=O) groups is 1. The maximum atomic E-state index is 12.7. The minimum Gasteiger partial charge on any atom is -0.351 e. The van der Waals surface area contributed by atoms with Crippen molar-refractivity contribution in [2.24, 2.45) is 0 Å². The molecule has 1 aromatic carbocycles. The molecule has 2 aromatic rings. The number of anilines is 1. The molecule has 3 heterocycles. The molecule has 0 radical (unpaired) electrons. The van der Waals surface area contributed by atoms with E-state index in [9.17, 15) is 4.79 Å². The first kappa shape index (κ1) is 22.0. The molecule has 2 aliphatic heterocycles. The fraction of sp³-hybridized carbons (Fsp3) is 0.522. The van der Waals surface area contributed by atoms with Gasteiger partial charge in [0, 0.05) is 51.9 Å². The van der Waals surface area contributed by atoms with E-state index in [1.807, 2.05) is 0 Å². The van der Waals surface area contributed by atoms with Gasteiger partial charge in [-0.05, 0) is 31.9 Å². The van der Waals surface area contributed by atoms with Crippen LogP contribution < -0.4 is 10.2 Å². The van der Waals surface area contributed by atoms with E-state index in [1.165, 1.54) is 11.8 Å². The Kier molecular flexibility index (Phi) is 7.37. The van der Waals surface area contributed by atoms with Gasteiger partial charge in [-0.1, -0.05) is 41.9 Å². The number of hydrogen-bond acceptors (Lipinski definition) is 6. The van der Waals surface area contributed by atoms with Crippen molar-refractivity contribution in [2.45, 2.75) is 25.3 Å². The number of likely N-dealkylation sites (N-methyl/N-ethyl adjacent to an activating group) is 1. The number of nitrogens with zero attached hydrogens (tertiary/aromatic N) is 5. The van der Waals surface area contributed by atoms with E-state index >= 15 is 0 Å². The van der Waals surface area contributed by atoms with Crippen LogP contribution in [0.2, 0.25) is 5.02 Å². The number of halogens is 1. The minimum atomic E-state index is -0.231. The van der Waals surface area contributed by atoms with E-state index in [0.717, 1.165) is 58.5 Å². The summed E-state index contributed by atoms with van der Waals surface area (Å²) in [6.07, 6.45) is 4.67. The van der Waals surface area contributed by atoms with E-state index in [4.69, 9.17) is 11.6 Å².